The highest BCUT2D eigenvalue weighted by atomic mass is 16.4. The van der Waals surface area contributed by atoms with Gasteiger partial charge >= 0.3 is 5.97 Å². The summed E-state index contributed by atoms with van der Waals surface area (Å²) in [7, 11) is 0. The van der Waals surface area contributed by atoms with Crippen LogP contribution in [0.25, 0.3) is 0 Å². The number of carbonyl (C=O) groups is 3. The van der Waals surface area contributed by atoms with E-state index in [-0.39, 0.29) is 12.3 Å². The third-order valence-corrected chi connectivity index (χ3v) is 2.45. The summed E-state index contributed by atoms with van der Waals surface area (Å²) >= 11 is 0. The molecular formula is C10H15NO4. The second kappa shape index (κ2) is 5.48. The summed E-state index contributed by atoms with van der Waals surface area (Å²) < 4.78 is 0. The van der Waals surface area contributed by atoms with Gasteiger partial charge in [-0.3, -0.25) is 9.59 Å². The Hall–Kier alpha value is -1.39. The number of Topliss-reactive ketones (excluding diaryl/α,β-unsaturated/α-hetero) is 1. The fraction of sp³-hybridized carbons (Fsp3) is 0.700. The van der Waals surface area contributed by atoms with E-state index >= 15 is 0 Å². The number of aliphatic carboxylic acids is 1. The van der Waals surface area contributed by atoms with E-state index in [9.17, 15) is 14.4 Å². The molecule has 0 aromatic carbocycles. The van der Waals surface area contributed by atoms with Crippen molar-refractivity contribution in [2.75, 3.05) is 0 Å². The predicted octanol–water partition coefficient (Wildman–Crippen LogP) is 0.479. The lowest BCUT2D eigenvalue weighted by molar-refractivity contribution is -0.146. The van der Waals surface area contributed by atoms with E-state index in [2.05, 4.69) is 5.32 Å². The van der Waals surface area contributed by atoms with Crippen LogP contribution in [0.2, 0.25) is 0 Å². The number of nitrogens with one attached hydrogen (secondary N) is 1. The third kappa shape index (κ3) is 3.69. The first-order chi connectivity index (χ1) is 7.11. The molecule has 15 heavy (non-hydrogen) atoms. The van der Waals surface area contributed by atoms with Gasteiger partial charge in [0.1, 0.15) is 0 Å². The van der Waals surface area contributed by atoms with Gasteiger partial charge in [-0.1, -0.05) is 12.8 Å². The average Bonchev–Trinajstić information content (AvgIpc) is 2.18. The minimum atomic E-state index is -1.35. The summed E-state index contributed by atoms with van der Waals surface area (Å²) in [6, 6.07) is -1.35. The Morgan fingerprint density at radius 2 is 1.73 bits per heavy atom. The van der Waals surface area contributed by atoms with Crippen molar-refractivity contribution < 1.29 is 19.5 Å². The number of amides is 1. The monoisotopic (exact) mass is 213 g/mol. The van der Waals surface area contributed by atoms with Crippen molar-refractivity contribution in [3.8, 4) is 0 Å². The molecule has 0 aliphatic carbocycles. The molecule has 1 atom stereocenters. The minimum absolute atomic E-state index is 0.233. The quantitative estimate of drug-likeness (QED) is 0.620. The SMILES string of the molecule is O=C1CCCCCCC(=O)C(C(=O)O)N1. The van der Waals surface area contributed by atoms with E-state index in [1.807, 2.05) is 0 Å². The van der Waals surface area contributed by atoms with Crippen molar-refractivity contribution in [2.45, 2.75) is 44.6 Å². The number of carbonyl (C=O) groups excluding carboxylic acids is 2. The van der Waals surface area contributed by atoms with Gasteiger partial charge < -0.3 is 10.4 Å². The summed E-state index contributed by atoms with van der Waals surface area (Å²) in [4.78, 5) is 33.4. The fourth-order valence-corrected chi connectivity index (χ4v) is 1.60. The molecule has 0 saturated carbocycles. The maximum absolute atomic E-state index is 11.4. The highest BCUT2D eigenvalue weighted by molar-refractivity contribution is 6.05. The number of hydrogen-bond acceptors (Lipinski definition) is 3. The van der Waals surface area contributed by atoms with E-state index in [4.69, 9.17) is 5.11 Å². The number of rotatable bonds is 1. The normalized spacial score (nSPS) is 24.4. The Labute approximate surface area is 87.8 Å². The molecule has 1 amide bonds. The van der Waals surface area contributed by atoms with Gasteiger partial charge in [-0.05, 0) is 12.8 Å². The Morgan fingerprint density at radius 3 is 2.33 bits per heavy atom. The van der Waals surface area contributed by atoms with Gasteiger partial charge in [-0.2, -0.15) is 0 Å². The fourth-order valence-electron chi connectivity index (χ4n) is 1.60. The van der Waals surface area contributed by atoms with Crippen LogP contribution in [-0.4, -0.2) is 28.8 Å². The lowest BCUT2D eigenvalue weighted by Crippen LogP contribution is -2.46. The highest BCUT2D eigenvalue weighted by Gasteiger charge is 2.27. The van der Waals surface area contributed by atoms with Crippen molar-refractivity contribution in [3.63, 3.8) is 0 Å². The molecule has 2 N–H and O–H groups in total. The van der Waals surface area contributed by atoms with Crippen LogP contribution >= 0.6 is 0 Å². The molecule has 0 bridgehead atoms. The van der Waals surface area contributed by atoms with Crippen molar-refractivity contribution in [1.29, 1.82) is 0 Å². The molecule has 5 nitrogen and oxygen atoms in total. The Morgan fingerprint density at radius 1 is 1.13 bits per heavy atom. The van der Waals surface area contributed by atoms with E-state index < -0.39 is 17.8 Å². The van der Waals surface area contributed by atoms with Crippen molar-refractivity contribution in [1.82, 2.24) is 5.32 Å². The van der Waals surface area contributed by atoms with Crippen molar-refractivity contribution in [2.24, 2.45) is 0 Å². The first kappa shape index (κ1) is 11.7. The Bertz CT molecular complexity index is 275. The van der Waals surface area contributed by atoms with E-state index in [1.165, 1.54) is 0 Å². The van der Waals surface area contributed by atoms with Crippen LogP contribution in [-0.2, 0) is 14.4 Å². The van der Waals surface area contributed by atoms with Crippen LogP contribution in [0.1, 0.15) is 38.5 Å². The number of ketones is 1. The molecule has 0 radical (unpaired) electrons. The molecule has 1 aliphatic heterocycles. The Kier molecular flexibility index (Phi) is 4.27. The number of hydrogen-bond donors (Lipinski definition) is 2. The predicted molar refractivity (Wildman–Crippen MR) is 52.3 cm³/mol. The van der Waals surface area contributed by atoms with E-state index in [0.29, 0.717) is 12.8 Å². The van der Waals surface area contributed by atoms with Gasteiger partial charge in [-0.25, -0.2) is 4.79 Å². The zero-order valence-electron chi connectivity index (χ0n) is 8.49. The van der Waals surface area contributed by atoms with Gasteiger partial charge in [0.15, 0.2) is 11.8 Å². The zero-order valence-corrected chi connectivity index (χ0v) is 8.49. The second-order valence-corrected chi connectivity index (χ2v) is 3.72. The largest absolute Gasteiger partial charge is 0.479 e. The molecular weight excluding hydrogens is 198 g/mol. The summed E-state index contributed by atoms with van der Waals surface area (Å²) in [6.45, 7) is 0. The van der Waals surface area contributed by atoms with Crippen LogP contribution in [0, 0.1) is 0 Å². The molecule has 5 heteroatoms. The second-order valence-electron chi connectivity index (χ2n) is 3.72. The van der Waals surface area contributed by atoms with Crippen LogP contribution in [0.4, 0.5) is 0 Å². The maximum atomic E-state index is 11.4. The molecule has 1 fully saturated rings. The van der Waals surface area contributed by atoms with Gasteiger partial charge in [0, 0.05) is 12.8 Å². The van der Waals surface area contributed by atoms with Crippen LogP contribution in [0.15, 0.2) is 0 Å². The first-order valence-corrected chi connectivity index (χ1v) is 5.16. The summed E-state index contributed by atoms with van der Waals surface area (Å²) in [5, 5.41) is 11.0. The molecule has 1 heterocycles. The van der Waals surface area contributed by atoms with Crippen molar-refractivity contribution >= 4 is 17.7 Å². The summed E-state index contributed by atoms with van der Waals surface area (Å²) in [5.74, 6) is -2.02. The van der Waals surface area contributed by atoms with Crippen molar-refractivity contribution in [3.05, 3.63) is 0 Å². The summed E-state index contributed by atoms with van der Waals surface area (Å²) in [6.07, 6.45) is 3.79. The van der Waals surface area contributed by atoms with Gasteiger partial charge in [0.05, 0.1) is 0 Å². The maximum Gasteiger partial charge on any atom is 0.334 e. The van der Waals surface area contributed by atoms with Gasteiger partial charge in [0.25, 0.3) is 0 Å². The zero-order chi connectivity index (χ0) is 11.3. The first-order valence-electron chi connectivity index (χ1n) is 5.16. The van der Waals surface area contributed by atoms with Gasteiger partial charge in [0.2, 0.25) is 5.91 Å². The standard InChI is InChI=1S/C10H15NO4/c12-7-5-3-1-2-4-6-8(13)11-9(7)10(14)15/h9H,1-6H2,(H,11,13)(H,14,15). The smallest absolute Gasteiger partial charge is 0.334 e. The molecule has 1 aliphatic rings. The van der Waals surface area contributed by atoms with Gasteiger partial charge in [-0.15, -0.1) is 0 Å². The third-order valence-electron chi connectivity index (χ3n) is 2.45. The highest BCUT2D eigenvalue weighted by Crippen LogP contribution is 2.09. The topological polar surface area (TPSA) is 83.5 Å². The molecule has 1 saturated heterocycles. The number of carboxylic acid groups (broad SMARTS) is 1. The Balaban J connectivity index is 2.66. The van der Waals surface area contributed by atoms with Crippen LogP contribution < -0.4 is 5.32 Å². The molecule has 0 aromatic rings. The minimum Gasteiger partial charge on any atom is -0.479 e. The van der Waals surface area contributed by atoms with E-state index in [0.717, 1.165) is 19.3 Å². The summed E-state index contributed by atoms with van der Waals surface area (Å²) in [5.41, 5.74) is 0. The van der Waals surface area contributed by atoms with E-state index in [1.54, 1.807) is 0 Å². The molecule has 1 rings (SSSR count). The number of carboxylic acids is 1. The van der Waals surface area contributed by atoms with Crippen LogP contribution in [0.5, 0.6) is 0 Å². The lowest BCUT2D eigenvalue weighted by atomic mass is 10.0. The molecule has 0 aromatic heterocycles. The molecule has 84 valence electrons. The van der Waals surface area contributed by atoms with Crippen LogP contribution in [0.3, 0.4) is 0 Å². The average molecular weight is 213 g/mol. The molecule has 1 unspecified atom stereocenters. The lowest BCUT2D eigenvalue weighted by Gasteiger charge is -2.15. The molecule has 0 spiro atoms.